The molecule has 2 rings (SSSR count). The van der Waals surface area contributed by atoms with Gasteiger partial charge >= 0.3 is 0 Å². The molecule has 1 unspecified atom stereocenters. The molecule has 0 bridgehead atoms. The number of ether oxygens (including phenoxy) is 1. The summed E-state index contributed by atoms with van der Waals surface area (Å²) in [5.41, 5.74) is 1.50. The molecule has 0 amide bonds. The van der Waals surface area contributed by atoms with Crippen molar-refractivity contribution in [1.29, 1.82) is 5.26 Å². The van der Waals surface area contributed by atoms with Gasteiger partial charge in [0.25, 0.3) is 5.56 Å². The van der Waals surface area contributed by atoms with Crippen molar-refractivity contribution in [3.8, 4) is 17.7 Å². The Kier molecular flexibility index (Phi) is 5.51. The average molecular weight is 354 g/mol. The Hall–Kier alpha value is -3.07. The number of aromatic nitrogens is 1. The summed E-state index contributed by atoms with van der Waals surface area (Å²) in [6.45, 7) is 8.78. The number of benzene rings is 1. The van der Waals surface area contributed by atoms with Crippen molar-refractivity contribution in [2.45, 2.75) is 47.3 Å². The van der Waals surface area contributed by atoms with E-state index in [4.69, 9.17) is 4.74 Å². The highest BCUT2D eigenvalue weighted by molar-refractivity contribution is 6.03. The molecule has 6 heteroatoms. The number of carbonyl (C=O) groups excluding carboxylic acids is 1. The molecule has 0 radical (unpaired) electrons. The maximum absolute atomic E-state index is 12.9. The predicted octanol–water partition coefficient (Wildman–Crippen LogP) is 3.02. The van der Waals surface area contributed by atoms with Gasteiger partial charge in [0.05, 0.1) is 5.56 Å². The van der Waals surface area contributed by atoms with Crippen LogP contribution in [0.4, 0.5) is 0 Å². The van der Waals surface area contributed by atoms with Crippen molar-refractivity contribution in [3.05, 3.63) is 56.4 Å². The first-order valence-electron chi connectivity index (χ1n) is 8.37. The third-order valence-electron chi connectivity index (χ3n) is 4.52. The van der Waals surface area contributed by atoms with Gasteiger partial charge in [-0.3, -0.25) is 14.2 Å². The highest BCUT2D eigenvalue weighted by atomic mass is 16.5. The van der Waals surface area contributed by atoms with Gasteiger partial charge in [0, 0.05) is 6.54 Å². The van der Waals surface area contributed by atoms with Crippen LogP contribution in [-0.2, 0) is 6.54 Å². The van der Waals surface area contributed by atoms with E-state index < -0.39 is 23.3 Å². The average Bonchev–Trinajstić information content (AvgIpc) is 2.58. The van der Waals surface area contributed by atoms with Crippen molar-refractivity contribution in [2.24, 2.45) is 0 Å². The number of nitriles is 1. The maximum atomic E-state index is 12.9. The summed E-state index contributed by atoms with van der Waals surface area (Å²) < 4.78 is 6.74. The van der Waals surface area contributed by atoms with Gasteiger partial charge < -0.3 is 9.84 Å². The molecule has 26 heavy (non-hydrogen) atoms. The first-order valence-corrected chi connectivity index (χ1v) is 8.37. The molecule has 1 N–H and O–H groups in total. The lowest BCUT2D eigenvalue weighted by atomic mass is 9.99. The fourth-order valence-electron chi connectivity index (χ4n) is 2.79. The van der Waals surface area contributed by atoms with E-state index >= 15 is 0 Å². The molecule has 0 aliphatic rings. The molecule has 1 heterocycles. The Balaban J connectivity index is 2.47. The number of rotatable bonds is 5. The van der Waals surface area contributed by atoms with Crippen molar-refractivity contribution >= 4 is 5.78 Å². The molecule has 136 valence electrons. The zero-order valence-corrected chi connectivity index (χ0v) is 15.6. The van der Waals surface area contributed by atoms with E-state index in [0.717, 1.165) is 15.7 Å². The molecule has 1 aromatic carbocycles. The maximum Gasteiger partial charge on any atom is 0.271 e. The molecule has 1 aromatic heterocycles. The van der Waals surface area contributed by atoms with Crippen LogP contribution in [0.25, 0.3) is 0 Å². The number of pyridine rings is 1. The van der Waals surface area contributed by atoms with Crippen LogP contribution >= 0.6 is 0 Å². The summed E-state index contributed by atoms with van der Waals surface area (Å²) >= 11 is 0. The van der Waals surface area contributed by atoms with Gasteiger partial charge in [0.15, 0.2) is 6.10 Å². The number of aryl methyl sites for hydroxylation is 2. The summed E-state index contributed by atoms with van der Waals surface area (Å²) in [4.78, 5) is 25.1. The highest BCUT2D eigenvalue weighted by Gasteiger charge is 2.27. The van der Waals surface area contributed by atoms with E-state index in [2.05, 4.69) is 0 Å². The van der Waals surface area contributed by atoms with Crippen LogP contribution in [0.5, 0.6) is 11.6 Å². The molecule has 0 spiro atoms. The quantitative estimate of drug-likeness (QED) is 0.833. The molecular weight excluding hydrogens is 332 g/mol. The van der Waals surface area contributed by atoms with Crippen LogP contribution in [0.3, 0.4) is 0 Å². The van der Waals surface area contributed by atoms with E-state index in [0.29, 0.717) is 5.75 Å². The Morgan fingerprint density at radius 2 is 1.96 bits per heavy atom. The fourth-order valence-corrected chi connectivity index (χ4v) is 2.79. The molecule has 0 saturated heterocycles. The van der Waals surface area contributed by atoms with E-state index in [-0.39, 0.29) is 23.2 Å². The zero-order valence-electron chi connectivity index (χ0n) is 15.6. The predicted molar refractivity (Wildman–Crippen MR) is 97.8 cm³/mol. The fraction of sp³-hybridized carbons (Fsp3) is 0.350. The van der Waals surface area contributed by atoms with Gasteiger partial charge in [-0.1, -0.05) is 6.07 Å². The van der Waals surface area contributed by atoms with Crippen molar-refractivity contribution in [1.82, 2.24) is 4.57 Å². The van der Waals surface area contributed by atoms with E-state index in [1.165, 1.54) is 6.92 Å². The second kappa shape index (κ2) is 7.44. The minimum Gasteiger partial charge on any atom is -0.494 e. The molecule has 6 nitrogen and oxygen atoms in total. The standard InChI is InChI=1S/C20H22N2O4/c1-6-22-19(24)16(10-21)13(4)17(20(22)25)18(23)14(5)26-15-8-7-11(2)12(3)9-15/h7-9,14,25H,6H2,1-5H3. The monoisotopic (exact) mass is 354 g/mol. The summed E-state index contributed by atoms with van der Waals surface area (Å²) in [7, 11) is 0. The number of hydrogen-bond acceptors (Lipinski definition) is 5. The van der Waals surface area contributed by atoms with Crippen molar-refractivity contribution in [2.75, 3.05) is 0 Å². The van der Waals surface area contributed by atoms with E-state index in [1.807, 2.05) is 32.0 Å². The third kappa shape index (κ3) is 3.33. The molecule has 2 aromatic rings. The lowest BCUT2D eigenvalue weighted by molar-refractivity contribution is 0.0812. The topological polar surface area (TPSA) is 92.3 Å². The van der Waals surface area contributed by atoms with Crippen molar-refractivity contribution < 1.29 is 14.6 Å². The summed E-state index contributed by atoms with van der Waals surface area (Å²) in [6.07, 6.45) is -0.893. The lowest BCUT2D eigenvalue weighted by Gasteiger charge is -2.18. The Morgan fingerprint density at radius 3 is 2.50 bits per heavy atom. The minimum atomic E-state index is -0.893. The number of nitrogens with zero attached hydrogens (tertiary/aromatic N) is 2. The van der Waals surface area contributed by atoms with Crippen LogP contribution < -0.4 is 10.3 Å². The number of aromatic hydroxyl groups is 1. The second-order valence-corrected chi connectivity index (χ2v) is 6.23. The number of hydrogen-bond donors (Lipinski definition) is 1. The Morgan fingerprint density at radius 1 is 1.31 bits per heavy atom. The summed E-state index contributed by atoms with van der Waals surface area (Å²) in [6, 6.07) is 7.33. The van der Waals surface area contributed by atoms with Gasteiger partial charge in [-0.05, 0) is 63.4 Å². The normalized spacial score (nSPS) is 11.7. The first-order chi connectivity index (χ1) is 12.2. The smallest absolute Gasteiger partial charge is 0.271 e. The largest absolute Gasteiger partial charge is 0.494 e. The summed E-state index contributed by atoms with van der Waals surface area (Å²) in [5.74, 6) is -0.387. The molecule has 1 atom stereocenters. The Labute approximate surface area is 152 Å². The van der Waals surface area contributed by atoms with Gasteiger partial charge in [-0.2, -0.15) is 5.26 Å². The SMILES string of the molecule is CCn1c(O)c(C(=O)C(C)Oc2ccc(C)c(C)c2)c(C)c(C#N)c1=O. The number of ketones is 1. The van der Waals surface area contributed by atoms with Crippen LogP contribution in [0.2, 0.25) is 0 Å². The van der Waals surface area contributed by atoms with Crippen LogP contribution in [0, 0.1) is 32.1 Å². The van der Waals surface area contributed by atoms with Crippen LogP contribution in [-0.4, -0.2) is 21.6 Å². The first kappa shape index (κ1) is 19.3. The van der Waals surface area contributed by atoms with Crippen LogP contribution in [0.1, 0.15) is 46.5 Å². The van der Waals surface area contributed by atoms with Crippen molar-refractivity contribution in [3.63, 3.8) is 0 Å². The van der Waals surface area contributed by atoms with Gasteiger partial charge in [0.1, 0.15) is 17.4 Å². The van der Waals surface area contributed by atoms with Crippen LogP contribution in [0.15, 0.2) is 23.0 Å². The summed E-state index contributed by atoms with van der Waals surface area (Å²) in [5, 5.41) is 19.7. The Bertz CT molecular complexity index is 967. The number of carbonyl (C=O) groups is 1. The van der Waals surface area contributed by atoms with E-state index in [9.17, 15) is 20.0 Å². The molecule has 0 saturated carbocycles. The zero-order chi connectivity index (χ0) is 19.6. The molecule has 0 aliphatic heterocycles. The molecule has 0 fully saturated rings. The lowest BCUT2D eigenvalue weighted by Crippen LogP contribution is -2.30. The minimum absolute atomic E-state index is 0.0562. The third-order valence-corrected chi connectivity index (χ3v) is 4.52. The van der Waals surface area contributed by atoms with Gasteiger partial charge in [-0.25, -0.2) is 0 Å². The molecular formula is C20H22N2O4. The highest BCUT2D eigenvalue weighted by Crippen LogP contribution is 2.25. The number of Topliss-reactive ketones (excluding diaryl/α,β-unsaturated/α-hetero) is 1. The van der Waals surface area contributed by atoms with Gasteiger partial charge in [0.2, 0.25) is 11.7 Å². The van der Waals surface area contributed by atoms with Gasteiger partial charge in [-0.15, -0.1) is 0 Å². The van der Waals surface area contributed by atoms with E-state index in [1.54, 1.807) is 19.9 Å². The molecule has 0 aliphatic carbocycles. The second-order valence-electron chi connectivity index (χ2n) is 6.23.